The monoisotopic (exact) mass is 373 g/mol. The van der Waals surface area contributed by atoms with Crippen LogP contribution in [-0.2, 0) is 16.0 Å². The number of benzene rings is 2. The minimum Gasteiger partial charge on any atom is -0.408 e. The molecule has 0 radical (unpaired) electrons. The lowest BCUT2D eigenvalue weighted by molar-refractivity contribution is -0.130. The molecule has 0 saturated heterocycles. The summed E-state index contributed by atoms with van der Waals surface area (Å²) in [5.41, 5.74) is 6.32. The molecular weight excluding hydrogens is 358 g/mol. The van der Waals surface area contributed by atoms with Crippen LogP contribution in [0.5, 0.6) is 0 Å². The third-order valence-electron chi connectivity index (χ3n) is 3.89. The fourth-order valence-electron chi connectivity index (χ4n) is 2.54. The Bertz CT molecular complexity index is 1010. The van der Waals surface area contributed by atoms with E-state index in [1.54, 1.807) is 55.5 Å². The van der Waals surface area contributed by atoms with Gasteiger partial charge in [0.15, 0.2) is 5.58 Å². The van der Waals surface area contributed by atoms with Crippen molar-refractivity contribution in [1.29, 1.82) is 0 Å². The largest absolute Gasteiger partial charge is 0.420 e. The molecule has 3 aromatic rings. The average molecular weight is 374 g/mol. The Balaban J connectivity index is 1.64. The van der Waals surface area contributed by atoms with Gasteiger partial charge in [-0.05, 0) is 36.8 Å². The highest BCUT2D eigenvalue weighted by Crippen LogP contribution is 2.16. The molecule has 3 rings (SSSR count). The summed E-state index contributed by atoms with van der Waals surface area (Å²) in [6.45, 7) is 1.55. The highest BCUT2D eigenvalue weighted by molar-refractivity contribution is 6.30. The third kappa shape index (κ3) is 3.78. The van der Waals surface area contributed by atoms with Gasteiger partial charge in [-0.2, -0.15) is 0 Å². The summed E-state index contributed by atoms with van der Waals surface area (Å²) in [7, 11) is 0. The molecule has 26 heavy (non-hydrogen) atoms. The number of nitrogens with one attached hydrogen (secondary N) is 2. The Morgan fingerprint density at radius 1 is 1.12 bits per heavy atom. The van der Waals surface area contributed by atoms with E-state index in [4.69, 9.17) is 16.0 Å². The fourth-order valence-corrected chi connectivity index (χ4v) is 2.66. The number of halogens is 1. The van der Waals surface area contributed by atoms with Crippen molar-refractivity contribution in [3.8, 4) is 0 Å². The van der Waals surface area contributed by atoms with Crippen LogP contribution in [0, 0.1) is 0 Å². The summed E-state index contributed by atoms with van der Waals surface area (Å²) < 4.78 is 6.35. The van der Waals surface area contributed by atoms with Crippen molar-refractivity contribution in [3.63, 3.8) is 0 Å². The van der Waals surface area contributed by atoms with E-state index in [1.165, 1.54) is 4.57 Å². The van der Waals surface area contributed by atoms with Gasteiger partial charge in [0.05, 0.1) is 11.9 Å². The van der Waals surface area contributed by atoms with Crippen molar-refractivity contribution in [2.45, 2.75) is 19.4 Å². The number of rotatable bonds is 4. The van der Waals surface area contributed by atoms with E-state index in [2.05, 4.69) is 10.9 Å². The zero-order chi connectivity index (χ0) is 18.7. The topological polar surface area (TPSA) is 93.3 Å². The van der Waals surface area contributed by atoms with E-state index in [1.807, 2.05) is 0 Å². The Hall–Kier alpha value is -3.06. The molecule has 0 spiro atoms. The van der Waals surface area contributed by atoms with Crippen molar-refractivity contribution < 1.29 is 14.0 Å². The fraction of sp³-hybridized carbons (Fsp3) is 0.167. The van der Waals surface area contributed by atoms with E-state index in [-0.39, 0.29) is 6.42 Å². The van der Waals surface area contributed by atoms with Crippen LogP contribution in [0.15, 0.2) is 57.7 Å². The summed E-state index contributed by atoms with van der Waals surface area (Å²) in [6, 6.07) is 12.8. The molecular formula is C18H16ClN3O4. The smallest absolute Gasteiger partial charge is 0.408 e. The van der Waals surface area contributed by atoms with Crippen LogP contribution in [0.25, 0.3) is 11.1 Å². The molecule has 0 fully saturated rings. The molecule has 1 aromatic heterocycles. The maximum absolute atomic E-state index is 12.3. The second-order valence-electron chi connectivity index (χ2n) is 5.72. The Kier molecular flexibility index (Phi) is 5.09. The number of hydrogen-bond acceptors (Lipinski definition) is 4. The van der Waals surface area contributed by atoms with E-state index >= 15 is 0 Å². The zero-order valence-corrected chi connectivity index (χ0v) is 14.6. The van der Waals surface area contributed by atoms with Crippen LogP contribution in [0.1, 0.15) is 18.5 Å². The molecule has 0 aliphatic carbocycles. The van der Waals surface area contributed by atoms with Crippen LogP contribution in [0.2, 0.25) is 5.02 Å². The van der Waals surface area contributed by atoms with Gasteiger partial charge in [0.1, 0.15) is 6.04 Å². The number of carbonyl (C=O) groups is 2. The predicted octanol–water partition coefficient (Wildman–Crippen LogP) is 2.20. The number of oxazole rings is 1. The Morgan fingerprint density at radius 3 is 2.54 bits per heavy atom. The van der Waals surface area contributed by atoms with E-state index in [0.29, 0.717) is 16.1 Å². The van der Waals surface area contributed by atoms with Crippen LogP contribution >= 0.6 is 11.6 Å². The van der Waals surface area contributed by atoms with Gasteiger partial charge in [-0.15, -0.1) is 0 Å². The molecule has 8 heteroatoms. The first-order valence-corrected chi connectivity index (χ1v) is 8.26. The third-order valence-corrected chi connectivity index (χ3v) is 4.14. The van der Waals surface area contributed by atoms with Gasteiger partial charge in [-0.25, -0.2) is 4.79 Å². The molecule has 0 bridgehead atoms. The van der Waals surface area contributed by atoms with Crippen molar-refractivity contribution in [2.75, 3.05) is 0 Å². The highest BCUT2D eigenvalue weighted by atomic mass is 35.5. The van der Waals surface area contributed by atoms with Gasteiger partial charge in [-0.1, -0.05) is 35.9 Å². The maximum Gasteiger partial charge on any atom is 0.420 e. The Labute approximate surface area is 153 Å². The maximum atomic E-state index is 12.3. The number of nitrogens with zero attached hydrogens (tertiary/aromatic N) is 1. The van der Waals surface area contributed by atoms with Gasteiger partial charge in [0.25, 0.3) is 5.91 Å². The number of aromatic nitrogens is 1. The quantitative estimate of drug-likeness (QED) is 0.685. The normalized spacial score (nSPS) is 11.9. The highest BCUT2D eigenvalue weighted by Gasteiger charge is 2.21. The average Bonchev–Trinajstić information content (AvgIpc) is 2.96. The Morgan fingerprint density at radius 2 is 1.81 bits per heavy atom. The van der Waals surface area contributed by atoms with Crippen molar-refractivity contribution >= 4 is 34.5 Å². The lowest BCUT2D eigenvalue weighted by atomic mass is 10.1. The first-order valence-electron chi connectivity index (χ1n) is 7.89. The van der Waals surface area contributed by atoms with E-state index < -0.39 is 23.6 Å². The second kappa shape index (κ2) is 7.45. The van der Waals surface area contributed by atoms with Crippen LogP contribution in [0.3, 0.4) is 0 Å². The van der Waals surface area contributed by atoms with E-state index in [9.17, 15) is 14.4 Å². The number of carbonyl (C=O) groups excluding carboxylic acids is 2. The van der Waals surface area contributed by atoms with Gasteiger partial charge >= 0.3 is 5.76 Å². The molecule has 134 valence electrons. The minimum absolute atomic E-state index is 0.0837. The first kappa shape index (κ1) is 17.8. The lowest BCUT2D eigenvalue weighted by Crippen LogP contribution is -2.46. The minimum atomic E-state index is -0.859. The molecule has 0 saturated carbocycles. The van der Waals surface area contributed by atoms with Gasteiger partial charge in [0, 0.05) is 5.02 Å². The molecule has 1 atom stereocenters. The number of hydrogen-bond donors (Lipinski definition) is 2. The molecule has 2 amide bonds. The molecule has 0 aliphatic rings. The summed E-state index contributed by atoms with van der Waals surface area (Å²) in [6.07, 6.45) is 0.0837. The van der Waals surface area contributed by atoms with Crippen molar-refractivity contribution in [1.82, 2.24) is 15.4 Å². The first-order chi connectivity index (χ1) is 12.5. The summed E-state index contributed by atoms with van der Waals surface area (Å²) in [5, 5.41) is 0.578. The van der Waals surface area contributed by atoms with Crippen LogP contribution in [0.4, 0.5) is 0 Å². The predicted molar refractivity (Wildman–Crippen MR) is 96.6 cm³/mol. The molecule has 7 nitrogen and oxygen atoms in total. The molecule has 2 aromatic carbocycles. The molecule has 0 aliphatic heterocycles. The van der Waals surface area contributed by atoms with Crippen molar-refractivity contribution in [2.24, 2.45) is 0 Å². The standard InChI is InChI=1S/C18H16ClN3O4/c1-11(22-14-4-2-3-5-15(14)26-18(22)25)17(24)21-20-16(23)10-12-6-8-13(19)9-7-12/h2-9,11H,10H2,1H3,(H,20,23)(H,21,24)/t11-/m0/s1. The number of hydrazine groups is 1. The second-order valence-corrected chi connectivity index (χ2v) is 6.16. The van der Waals surface area contributed by atoms with Gasteiger partial charge < -0.3 is 4.42 Å². The number of fused-ring (bicyclic) bond motifs is 1. The van der Waals surface area contributed by atoms with Gasteiger partial charge in [-0.3, -0.25) is 25.0 Å². The number of amides is 2. The summed E-state index contributed by atoms with van der Waals surface area (Å²) >= 11 is 5.80. The van der Waals surface area contributed by atoms with E-state index in [0.717, 1.165) is 5.56 Å². The molecule has 1 heterocycles. The zero-order valence-electron chi connectivity index (χ0n) is 13.9. The molecule has 2 N–H and O–H groups in total. The van der Waals surface area contributed by atoms with Crippen molar-refractivity contribution in [3.05, 3.63) is 69.7 Å². The summed E-state index contributed by atoms with van der Waals surface area (Å²) in [5.74, 6) is -1.57. The lowest BCUT2D eigenvalue weighted by Gasteiger charge is -2.14. The summed E-state index contributed by atoms with van der Waals surface area (Å²) in [4.78, 5) is 36.2. The van der Waals surface area contributed by atoms with Crippen LogP contribution < -0.4 is 16.6 Å². The SMILES string of the molecule is C[C@@H](C(=O)NNC(=O)Cc1ccc(Cl)cc1)n1c(=O)oc2ccccc21. The van der Waals surface area contributed by atoms with Crippen LogP contribution in [-0.4, -0.2) is 16.4 Å². The van der Waals surface area contributed by atoms with Gasteiger partial charge in [0.2, 0.25) is 5.91 Å². The number of para-hydroxylation sites is 2. The molecule has 0 unspecified atom stereocenters.